The molecular formula is C14H21NO2. The number of rotatable bonds is 4. The third-order valence-corrected chi connectivity index (χ3v) is 3.31. The van der Waals surface area contributed by atoms with Crippen LogP contribution in [0.15, 0.2) is 18.2 Å². The van der Waals surface area contributed by atoms with Crippen LogP contribution in [-0.4, -0.2) is 18.1 Å². The van der Waals surface area contributed by atoms with E-state index in [0.717, 1.165) is 16.7 Å². The second kappa shape index (κ2) is 4.88. The largest absolute Gasteiger partial charge is 0.481 e. The van der Waals surface area contributed by atoms with Crippen LogP contribution in [-0.2, 0) is 4.79 Å². The highest BCUT2D eigenvalue weighted by molar-refractivity contribution is 5.75. The summed E-state index contributed by atoms with van der Waals surface area (Å²) in [6.07, 6.45) is 0. The standard InChI is InChI=1S/C14H21NO2/c1-9-6-7-10(2)11(8-9)12(15-5)14(3,4)13(16)17/h6-8,12,15H,1-5H3,(H,16,17). The van der Waals surface area contributed by atoms with E-state index in [1.165, 1.54) is 0 Å². The van der Waals surface area contributed by atoms with Gasteiger partial charge in [0.1, 0.15) is 0 Å². The Morgan fingerprint density at radius 3 is 2.41 bits per heavy atom. The van der Waals surface area contributed by atoms with Crippen molar-refractivity contribution in [1.82, 2.24) is 5.32 Å². The molecule has 0 aliphatic carbocycles. The zero-order chi connectivity index (χ0) is 13.2. The van der Waals surface area contributed by atoms with Gasteiger partial charge >= 0.3 is 5.97 Å². The van der Waals surface area contributed by atoms with Gasteiger partial charge in [0.25, 0.3) is 0 Å². The van der Waals surface area contributed by atoms with Gasteiger partial charge in [-0.05, 0) is 45.9 Å². The molecule has 3 heteroatoms. The molecule has 17 heavy (non-hydrogen) atoms. The topological polar surface area (TPSA) is 49.3 Å². The first-order valence-electron chi connectivity index (χ1n) is 5.78. The van der Waals surface area contributed by atoms with E-state index in [0.29, 0.717) is 0 Å². The van der Waals surface area contributed by atoms with Crippen molar-refractivity contribution in [3.63, 3.8) is 0 Å². The third kappa shape index (κ3) is 2.67. The summed E-state index contributed by atoms with van der Waals surface area (Å²) in [5.41, 5.74) is 2.48. The van der Waals surface area contributed by atoms with Gasteiger partial charge in [-0.15, -0.1) is 0 Å². The molecule has 1 rings (SSSR count). The molecule has 3 nitrogen and oxygen atoms in total. The van der Waals surface area contributed by atoms with Gasteiger partial charge < -0.3 is 10.4 Å². The quantitative estimate of drug-likeness (QED) is 0.843. The van der Waals surface area contributed by atoms with Gasteiger partial charge in [0.15, 0.2) is 0 Å². The average Bonchev–Trinajstić information content (AvgIpc) is 2.23. The monoisotopic (exact) mass is 235 g/mol. The molecule has 0 spiro atoms. The maximum absolute atomic E-state index is 11.4. The molecule has 0 heterocycles. The van der Waals surface area contributed by atoms with Crippen LogP contribution in [0.25, 0.3) is 0 Å². The molecule has 0 aliphatic rings. The lowest BCUT2D eigenvalue weighted by Crippen LogP contribution is -2.38. The zero-order valence-electron chi connectivity index (χ0n) is 11.2. The first-order valence-corrected chi connectivity index (χ1v) is 5.78. The number of benzene rings is 1. The summed E-state index contributed by atoms with van der Waals surface area (Å²) in [4.78, 5) is 11.4. The second-order valence-electron chi connectivity index (χ2n) is 5.11. The summed E-state index contributed by atoms with van der Waals surface area (Å²) < 4.78 is 0. The number of nitrogens with one attached hydrogen (secondary N) is 1. The highest BCUT2D eigenvalue weighted by Gasteiger charge is 2.37. The minimum absolute atomic E-state index is 0.195. The number of hydrogen-bond donors (Lipinski definition) is 2. The Kier molecular flexibility index (Phi) is 3.94. The molecule has 0 saturated heterocycles. The van der Waals surface area contributed by atoms with Crippen molar-refractivity contribution < 1.29 is 9.90 Å². The third-order valence-electron chi connectivity index (χ3n) is 3.31. The Labute approximate surface area is 103 Å². The first kappa shape index (κ1) is 13.7. The van der Waals surface area contributed by atoms with Gasteiger partial charge in [0.2, 0.25) is 0 Å². The molecule has 0 bridgehead atoms. The number of carbonyl (C=O) groups is 1. The molecule has 0 fully saturated rings. The molecular weight excluding hydrogens is 214 g/mol. The smallest absolute Gasteiger partial charge is 0.311 e. The van der Waals surface area contributed by atoms with Crippen molar-refractivity contribution in [3.05, 3.63) is 34.9 Å². The summed E-state index contributed by atoms with van der Waals surface area (Å²) in [7, 11) is 1.80. The maximum Gasteiger partial charge on any atom is 0.311 e. The van der Waals surface area contributed by atoms with E-state index in [1.54, 1.807) is 20.9 Å². The van der Waals surface area contributed by atoms with Crippen LogP contribution in [0.4, 0.5) is 0 Å². The Morgan fingerprint density at radius 1 is 1.35 bits per heavy atom. The van der Waals surface area contributed by atoms with Gasteiger partial charge in [-0.1, -0.05) is 23.8 Å². The summed E-state index contributed by atoms with van der Waals surface area (Å²) in [5.74, 6) is -0.794. The second-order valence-corrected chi connectivity index (χ2v) is 5.11. The van der Waals surface area contributed by atoms with Gasteiger partial charge in [-0.2, -0.15) is 0 Å². The molecule has 94 valence electrons. The summed E-state index contributed by atoms with van der Waals surface area (Å²) in [6.45, 7) is 7.52. The van der Waals surface area contributed by atoms with Crippen LogP contribution < -0.4 is 5.32 Å². The number of carboxylic acid groups (broad SMARTS) is 1. The van der Waals surface area contributed by atoms with Crippen LogP contribution in [0.5, 0.6) is 0 Å². The predicted molar refractivity (Wildman–Crippen MR) is 69.1 cm³/mol. The van der Waals surface area contributed by atoms with Crippen LogP contribution in [0.2, 0.25) is 0 Å². The fourth-order valence-electron chi connectivity index (χ4n) is 2.10. The number of aryl methyl sites for hydroxylation is 2. The highest BCUT2D eigenvalue weighted by Crippen LogP contribution is 2.35. The van der Waals surface area contributed by atoms with Crippen molar-refractivity contribution in [2.75, 3.05) is 7.05 Å². The van der Waals surface area contributed by atoms with Gasteiger partial charge in [0, 0.05) is 6.04 Å². The van der Waals surface area contributed by atoms with E-state index in [2.05, 4.69) is 11.4 Å². The molecule has 1 aromatic rings. The summed E-state index contributed by atoms with van der Waals surface area (Å²) in [6, 6.07) is 5.94. The van der Waals surface area contributed by atoms with E-state index in [-0.39, 0.29) is 6.04 Å². The van der Waals surface area contributed by atoms with Crippen molar-refractivity contribution in [2.45, 2.75) is 33.7 Å². The minimum atomic E-state index is -0.840. The van der Waals surface area contributed by atoms with Crippen LogP contribution >= 0.6 is 0 Å². The molecule has 0 aliphatic heterocycles. The van der Waals surface area contributed by atoms with Crippen LogP contribution in [0, 0.1) is 19.3 Å². The molecule has 2 N–H and O–H groups in total. The Hall–Kier alpha value is -1.35. The van der Waals surface area contributed by atoms with Crippen molar-refractivity contribution in [2.24, 2.45) is 5.41 Å². The first-order chi connectivity index (χ1) is 7.80. The van der Waals surface area contributed by atoms with E-state index in [1.807, 2.05) is 26.0 Å². The minimum Gasteiger partial charge on any atom is -0.481 e. The van der Waals surface area contributed by atoms with E-state index >= 15 is 0 Å². The predicted octanol–water partition coefficient (Wildman–Crippen LogP) is 2.67. The zero-order valence-corrected chi connectivity index (χ0v) is 11.2. The van der Waals surface area contributed by atoms with Crippen molar-refractivity contribution in [1.29, 1.82) is 0 Å². The normalized spacial score (nSPS) is 13.5. The molecule has 0 saturated carbocycles. The van der Waals surface area contributed by atoms with Crippen molar-refractivity contribution in [3.8, 4) is 0 Å². The Bertz CT molecular complexity index is 424. The lowest BCUT2D eigenvalue weighted by atomic mass is 9.79. The van der Waals surface area contributed by atoms with Crippen molar-refractivity contribution >= 4 is 5.97 Å². The van der Waals surface area contributed by atoms with E-state index < -0.39 is 11.4 Å². The number of carboxylic acids is 1. The van der Waals surface area contributed by atoms with Crippen LogP contribution in [0.3, 0.4) is 0 Å². The Balaban J connectivity index is 3.27. The number of hydrogen-bond acceptors (Lipinski definition) is 2. The van der Waals surface area contributed by atoms with E-state index in [4.69, 9.17) is 0 Å². The van der Waals surface area contributed by atoms with Crippen LogP contribution in [0.1, 0.15) is 36.6 Å². The molecule has 1 aromatic carbocycles. The summed E-state index contributed by atoms with van der Waals surface area (Å²) >= 11 is 0. The lowest BCUT2D eigenvalue weighted by molar-refractivity contribution is -0.148. The van der Waals surface area contributed by atoms with Gasteiger partial charge in [0.05, 0.1) is 5.41 Å². The average molecular weight is 235 g/mol. The molecule has 1 atom stereocenters. The van der Waals surface area contributed by atoms with E-state index in [9.17, 15) is 9.90 Å². The highest BCUT2D eigenvalue weighted by atomic mass is 16.4. The molecule has 1 unspecified atom stereocenters. The SMILES string of the molecule is CNC(c1cc(C)ccc1C)C(C)(C)C(=O)O. The van der Waals surface area contributed by atoms with Gasteiger partial charge in [-0.3, -0.25) is 4.79 Å². The molecule has 0 amide bonds. The molecule has 0 aromatic heterocycles. The maximum atomic E-state index is 11.4. The summed E-state index contributed by atoms with van der Waals surface area (Å²) in [5, 5.41) is 12.5. The fraction of sp³-hybridized carbons (Fsp3) is 0.500. The fourth-order valence-corrected chi connectivity index (χ4v) is 2.10. The molecule has 0 radical (unpaired) electrons. The Morgan fingerprint density at radius 2 is 1.94 bits per heavy atom. The van der Waals surface area contributed by atoms with Gasteiger partial charge in [-0.25, -0.2) is 0 Å². The number of aliphatic carboxylic acids is 1. The lowest BCUT2D eigenvalue weighted by Gasteiger charge is -2.31.